The topological polar surface area (TPSA) is 113 Å². The van der Waals surface area contributed by atoms with Crippen LogP contribution in [-0.2, 0) is 24.2 Å². The zero-order valence-electron chi connectivity index (χ0n) is 26.0. The Morgan fingerprint density at radius 2 is 1.59 bits per heavy atom. The van der Waals surface area contributed by atoms with Crippen LogP contribution in [0.1, 0.15) is 53.7 Å². The van der Waals surface area contributed by atoms with Crippen molar-refractivity contribution in [1.29, 1.82) is 0 Å². The standard InChI is InChI=1S/C38H36N6O2/c1-3-10-35-34(22-26-17-19-29(20-18-26)31-15-7-8-16-32(31)37-41-43-44-42-37)36(45)33(25(2)40-35)23-28-13-9-14-30(21-28)38(46)39-24-27-11-5-4-6-12-27/h4-9,11-21,34H,3,10,22-24H2,1-2H3,(H,39,46)(H,41,42,43,44). The Balaban J connectivity index is 1.19. The number of nitrogens with one attached hydrogen (secondary N) is 2. The molecule has 230 valence electrons. The van der Waals surface area contributed by atoms with E-state index in [0.717, 1.165) is 57.6 Å². The summed E-state index contributed by atoms with van der Waals surface area (Å²) in [5, 5.41) is 17.5. The lowest BCUT2D eigenvalue weighted by Gasteiger charge is -2.25. The summed E-state index contributed by atoms with van der Waals surface area (Å²) in [6, 6.07) is 33.6. The normalized spacial score (nSPS) is 14.7. The van der Waals surface area contributed by atoms with Gasteiger partial charge in [-0.15, -0.1) is 10.2 Å². The fraction of sp³-hybridized carbons (Fsp3) is 0.211. The average Bonchev–Trinajstić information content (AvgIpc) is 3.64. The number of hydrogen-bond acceptors (Lipinski definition) is 6. The first-order valence-electron chi connectivity index (χ1n) is 15.6. The van der Waals surface area contributed by atoms with Crippen LogP contribution in [0.5, 0.6) is 0 Å². The van der Waals surface area contributed by atoms with Crippen LogP contribution in [0.4, 0.5) is 0 Å². The van der Waals surface area contributed by atoms with Crippen LogP contribution in [0.3, 0.4) is 0 Å². The van der Waals surface area contributed by atoms with Crippen molar-refractivity contribution in [2.24, 2.45) is 10.9 Å². The van der Waals surface area contributed by atoms with E-state index in [0.29, 0.717) is 36.3 Å². The molecule has 6 rings (SSSR count). The van der Waals surface area contributed by atoms with E-state index < -0.39 is 0 Å². The number of amides is 1. The molecule has 2 heterocycles. The Labute approximate surface area is 268 Å². The van der Waals surface area contributed by atoms with Crippen molar-refractivity contribution in [3.8, 4) is 22.5 Å². The quantitative estimate of drug-likeness (QED) is 0.168. The number of H-pyrrole nitrogens is 1. The van der Waals surface area contributed by atoms with E-state index in [1.165, 1.54) is 0 Å². The molecule has 0 saturated heterocycles. The van der Waals surface area contributed by atoms with E-state index >= 15 is 0 Å². The van der Waals surface area contributed by atoms with Gasteiger partial charge in [0.2, 0.25) is 5.82 Å². The molecule has 1 aliphatic rings. The van der Waals surface area contributed by atoms with Crippen molar-refractivity contribution in [2.45, 2.75) is 46.1 Å². The van der Waals surface area contributed by atoms with Crippen LogP contribution >= 0.6 is 0 Å². The molecule has 2 N–H and O–H groups in total. The van der Waals surface area contributed by atoms with Crippen LogP contribution in [0.15, 0.2) is 119 Å². The molecule has 0 spiro atoms. The maximum Gasteiger partial charge on any atom is 0.251 e. The first kappa shape index (κ1) is 30.5. The van der Waals surface area contributed by atoms with Crippen molar-refractivity contribution < 1.29 is 9.59 Å². The highest BCUT2D eigenvalue weighted by atomic mass is 16.1. The van der Waals surface area contributed by atoms with E-state index in [9.17, 15) is 9.59 Å². The minimum atomic E-state index is -0.325. The molecular weight excluding hydrogens is 572 g/mol. The molecule has 8 nitrogen and oxygen atoms in total. The molecule has 4 aromatic carbocycles. The SMILES string of the molecule is CCCC1=NC(C)=C(Cc2cccc(C(=O)NCc3ccccc3)c2)C(=O)C1Cc1ccc(-c2ccccc2-c2nn[nH]n2)cc1. The summed E-state index contributed by atoms with van der Waals surface area (Å²) >= 11 is 0. The molecule has 0 fully saturated rings. The summed E-state index contributed by atoms with van der Waals surface area (Å²) < 4.78 is 0. The van der Waals surface area contributed by atoms with Crippen molar-refractivity contribution in [3.63, 3.8) is 0 Å². The monoisotopic (exact) mass is 608 g/mol. The van der Waals surface area contributed by atoms with E-state index in [2.05, 4.69) is 57.1 Å². The van der Waals surface area contributed by atoms with Gasteiger partial charge in [-0.25, -0.2) is 0 Å². The smallest absolute Gasteiger partial charge is 0.251 e. The summed E-state index contributed by atoms with van der Waals surface area (Å²) in [4.78, 5) is 32.0. The predicted octanol–water partition coefficient (Wildman–Crippen LogP) is 6.96. The Bertz CT molecular complexity index is 1890. The lowest BCUT2D eigenvalue weighted by Crippen LogP contribution is -2.32. The summed E-state index contributed by atoms with van der Waals surface area (Å²) in [5.41, 5.74) is 8.93. The number of aliphatic imine (C=N–C) groups is 1. The third kappa shape index (κ3) is 6.91. The Kier molecular flexibility index (Phi) is 9.34. The molecular formula is C38H36N6O2. The van der Waals surface area contributed by atoms with E-state index in [-0.39, 0.29) is 17.6 Å². The van der Waals surface area contributed by atoms with Crippen LogP contribution in [0.2, 0.25) is 0 Å². The number of hydrogen-bond donors (Lipinski definition) is 2. The van der Waals surface area contributed by atoms with Gasteiger partial charge in [-0.3, -0.25) is 14.6 Å². The highest BCUT2D eigenvalue weighted by Crippen LogP contribution is 2.32. The summed E-state index contributed by atoms with van der Waals surface area (Å²) in [6.07, 6.45) is 2.68. The predicted molar refractivity (Wildman–Crippen MR) is 180 cm³/mol. The largest absolute Gasteiger partial charge is 0.348 e. The number of Topliss-reactive ketones (excluding diaryl/α,β-unsaturated/α-hetero) is 1. The molecule has 0 radical (unpaired) electrons. The van der Waals surface area contributed by atoms with Crippen LogP contribution in [0.25, 0.3) is 22.5 Å². The first-order chi connectivity index (χ1) is 22.5. The lowest BCUT2D eigenvalue weighted by molar-refractivity contribution is -0.117. The van der Waals surface area contributed by atoms with Gasteiger partial charge in [-0.1, -0.05) is 104 Å². The molecule has 0 aliphatic carbocycles. The molecule has 46 heavy (non-hydrogen) atoms. The van der Waals surface area contributed by atoms with Gasteiger partial charge in [-0.2, -0.15) is 5.21 Å². The van der Waals surface area contributed by atoms with Crippen LogP contribution in [-0.4, -0.2) is 38.0 Å². The molecule has 1 amide bonds. The van der Waals surface area contributed by atoms with Gasteiger partial charge < -0.3 is 5.32 Å². The molecule has 1 aliphatic heterocycles. The molecule has 8 heteroatoms. The van der Waals surface area contributed by atoms with Crippen molar-refractivity contribution in [3.05, 3.63) is 137 Å². The molecule has 1 atom stereocenters. The van der Waals surface area contributed by atoms with Gasteiger partial charge in [-0.05, 0) is 64.9 Å². The third-order valence-corrected chi connectivity index (χ3v) is 8.35. The fourth-order valence-electron chi connectivity index (χ4n) is 5.98. The second kappa shape index (κ2) is 14.1. The van der Waals surface area contributed by atoms with Crippen molar-refractivity contribution >= 4 is 17.4 Å². The average molecular weight is 609 g/mol. The number of carbonyl (C=O) groups excluding carboxylic acids is 2. The number of carbonyl (C=O) groups is 2. The van der Waals surface area contributed by atoms with Gasteiger partial charge in [0.05, 0.1) is 5.92 Å². The van der Waals surface area contributed by atoms with Crippen molar-refractivity contribution in [2.75, 3.05) is 0 Å². The molecule has 0 bridgehead atoms. The number of benzene rings is 4. The van der Waals surface area contributed by atoms with E-state index in [1.54, 1.807) is 6.07 Å². The van der Waals surface area contributed by atoms with Gasteiger partial charge >= 0.3 is 0 Å². The minimum Gasteiger partial charge on any atom is -0.348 e. The molecule has 0 saturated carbocycles. The molecule has 5 aromatic rings. The number of tetrazole rings is 1. The third-order valence-electron chi connectivity index (χ3n) is 8.35. The maximum atomic E-state index is 14.1. The summed E-state index contributed by atoms with van der Waals surface area (Å²) in [6.45, 7) is 4.49. The number of nitrogens with zero attached hydrogens (tertiary/aromatic N) is 4. The second-order valence-electron chi connectivity index (χ2n) is 11.6. The zero-order chi connectivity index (χ0) is 31.9. The minimum absolute atomic E-state index is 0.112. The fourth-order valence-corrected chi connectivity index (χ4v) is 5.98. The van der Waals surface area contributed by atoms with Gasteiger partial charge in [0, 0.05) is 41.1 Å². The number of ketones is 1. The van der Waals surface area contributed by atoms with Crippen molar-refractivity contribution in [1.82, 2.24) is 25.9 Å². The Morgan fingerprint density at radius 1 is 0.848 bits per heavy atom. The Hall–Kier alpha value is -5.50. The van der Waals surface area contributed by atoms with Crippen LogP contribution < -0.4 is 5.32 Å². The van der Waals surface area contributed by atoms with Crippen LogP contribution in [0, 0.1) is 5.92 Å². The number of allylic oxidation sites excluding steroid dienone is 2. The second-order valence-corrected chi connectivity index (χ2v) is 11.6. The van der Waals surface area contributed by atoms with E-state index in [1.807, 2.05) is 79.7 Å². The number of aromatic nitrogens is 4. The summed E-state index contributed by atoms with van der Waals surface area (Å²) in [5.74, 6) is 0.187. The lowest BCUT2D eigenvalue weighted by atomic mass is 9.81. The van der Waals surface area contributed by atoms with E-state index in [4.69, 9.17) is 4.99 Å². The molecule has 1 unspecified atom stereocenters. The van der Waals surface area contributed by atoms with Gasteiger partial charge in [0.25, 0.3) is 5.91 Å². The Morgan fingerprint density at radius 3 is 2.33 bits per heavy atom. The molecule has 1 aromatic heterocycles. The maximum absolute atomic E-state index is 14.1. The van der Waals surface area contributed by atoms with Gasteiger partial charge in [0.1, 0.15) is 0 Å². The highest BCUT2D eigenvalue weighted by Gasteiger charge is 2.32. The number of aromatic amines is 1. The van der Waals surface area contributed by atoms with Gasteiger partial charge in [0.15, 0.2) is 5.78 Å². The number of rotatable bonds is 11. The summed E-state index contributed by atoms with van der Waals surface area (Å²) in [7, 11) is 0. The highest BCUT2D eigenvalue weighted by molar-refractivity contribution is 6.15. The first-order valence-corrected chi connectivity index (χ1v) is 15.6. The zero-order valence-corrected chi connectivity index (χ0v) is 26.0.